The number of carbonyl (C=O) groups excluding carboxylic acids is 3. The minimum absolute atomic E-state index is 0.0406. The zero-order valence-corrected chi connectivity index (χ0v) is 18.1. The second-order valence-electron chi connectivity index (χ2n) is 6.79. The highest BCUT2D eigenvalue weighted by Crippen LogP contribution is 2.24. The quantitative estimate of drug-likeness (QED) is 0.0904. The number of nitrogens with two attached hydrogens (primary N) is 2. The van der Waals surface area contributed by atoms with Crippen LogP contribution in [0.3, 0.4) is 0 Å². The Morgan fingerprint density at radius 1 is 1.41 bits per heavy atom. The van der Waals surface area contributed by atoms with E-state index < -0.39 is 64.1 Å². The highest BCUT2D eigenvalue weighted by atomic mass is 32.2. The molecule has 8 N–H and O–H groups in total. The van der Waals surface area contributed by atoms with Crippen molar-refractivity contribution in [2.45, 2.75) is 31.5 Å². The van der Waals surface area contributed by atoms with Crippen molar-refractivity contribution in [3.63, 3.8) is 0 Å². The maximum atomic E-state index is 12.8. The molecule has 16 nitrogen and oxygen atoms in total. The molecule has 1 saturated heterocycles. The monoisotopic (exact) mass is 493 g/mol. The van der Waals surface area contributed by atoms with E-state index in [9.17, 15) is 32.1 Å². The maximum Gasteiger partial charge on any atom is 0.362 e. The van der Waals surface area contributed by atoms with Crippen LogP contribution in [-0.4, -0.2) is 81.1 Å². The van der Waals surface area contributed by atoms with Crippen LogP contribution in [0.1, 0.15) is 19.5 Å². The van der Waals surface area contributed by atoms with E-state index in [0.717, 1.165) is 25.2 Å². The van der Waals surface area contributed by atoms with Crippen molar-refractivity contribution in [3.05, 3.63) is 11.1 Å². The minimum atomic E-state index is -5.00. The lowest BCUT2D eigenvalue weighted by molar-refractivity contribution is -0.161. The van der Waals surface area contributed by atoms with E-state index in [4.69, 9.17) is 21.4 Å². The van der Waals surface area contributed by atoms with E-state index in [-0.39, 0.29) is 15.1 Å². The van der Waals surface area contributed by atoms with Gasteiger partial charge >= 0.3 is 22.3 Å². The first kappa shape index (κ1) is 24.8. The number of nitrogens with one attached hydrogen (secondary N) is 2. The van der Waals surface area contributed by atoms with Crippen LogP contribution >= 0.6 is 11.3 Å². The molecule has 1 aromatic heterocycles. The summed E-state index contributed by atoms with van der Waals surface area (Å²) in [7, 11) is -5.00. The van der Waals surface area contributed by atoms with Crippen LogP contribution in [0.5, 0.6) is 0 Å². The average molecular weight is 493 g/mol. The lowest BCUT2D eigenvalue weighted by atomic mass is 9.98. The molecular formula is C14H19N7O9S2. The van der Waals surface area contributed by atoms with Gasteiger partial charge in [-0.05, 0) is 13.8 Å². The Balaban J connectivity index is 2.32. The van der Waals surface area contributed by atoms with E-state index in [0.29, 0.717) is 0 Å². The molecule has 2 heterocycles. The van der Waals surface area contributed by atoms with Gasteiger partial charge in [0, 0.05) is 11.9 Å². The van der Waals surface area contributed by atoms with Gasteiger partial charge in [-0.15, -0.1) is 11.3 Å². The summed E-state index contributed by atoms with van der Waals surface area (Å²) in [4.78, 5) is 55.9. The molecule has 0 radical (unpaired) electrons. The SMILES string of the molecule is CC(C)(ON=C(C(=O)N[C@H]1C(=O)N(S(=O)(=O)O)[C@H]1CNC(N)=O)c1csc(N)n1)C(=O)O. The molecule has 0 unspecified atom stereocenters. The predicted octanol–water partition coefficient (Wildman–Crippen LogP) is -2.52. The topological polar surface area (TPSA) is 257 Å². The molecule has 1 fully saturated rings. The van der Waals surface area contributed by atoms with Gasteiger partial charge in [0.15, 0.2) is 10.8 Å². The van der Waals surface area contributed by atoms with E-state index in [1.807, 2.05) is 0 Å². The number of β-lactam (4-membered cyclic amide) rings is 1. The summed E-state index contributed by atoms with van der Waals surface area (Å²) >= 11 is 0.930. The van der Waals surface area contributed by atoms with Gasteiger partial charge in [-0.2, -0.15) is 8.42 Å². The fourth-order valence-corrected chi connectivity index (χ4v) is 3.80. The number of carboxylic acid groups (broad SMARTS) is 1. The first-order valence-corrected chi connectivity index (χ1v) is 10.8. The molecular weight excluding hydrogens is 474 g/mol. The number of rotatable bonds is 9. The highest BCUT2D eigenvalue weighted by molar-refractivity contribution is 7.84. The third-order valence-electron chi connectivity index (χ3n) is 4.05. The number of nitrogens with zero attached hydrogens (tertiary/aromatic N) is 3. The molecule has 0 spiro atoms. The third kappa shape index (κ3) is 5.39. The van der Waals surface area contributed by atoms with Gasteiger partial charge < -0.3 is 32.0 Å². The molecule has 1 aliphatic heterocycles. The summed E-state index contributed by atoms with van der Waals surface area (Å²) in [5, 5.41) is 18.3. The second-order valence-corrected chi connectivity index (χ2v) is 8.97. The number of carbonyl (C=O) groups is 4. The van der Waals surface area contributed by atoms with Crippen molar-refractivity contribution in [2.75, 3.05) is 12.3 Å². The molecule has 0 saturated carbocycles. The van der Waals surface area contributed by atoms with Crippen LogP contribution in [0.25, 0.3) is 0 Å². The summed E-state index contributed by atoms with van der Waals surface area (Å²) in [6, 6.07) is -3.98. The Morgan fingerprint density at radius 3 is 2.50 bits per heavy atom. The van der Waals surface area contributed by atoms with Crippen LogP contribution in [0.15, 0.2) is 10.5 Å². The van der Waals surface area contributed by atoms with E-state index in [1.54, 1.807) is 0 Å². The molecule has 0 aliphatic carbocycles. The molecule has 2 rings (SSSR count). The van der Waals surface area contributed by atoms with Crippen LogP contribution in [0, 0.1) is 0 Å². The first-order chi connectivity index (χ1) is 14.6. The van der Waals surface area contributed by atoms with E-state index >= 15 is 0 Å². The van der Waals surface area contributed by atoms with Crippen molar-refractivity contribution in [1.82, 2.24) is 19.9 Å². The fraction of sp³-hybridized carbons (Fsp3) is 0.429. The molecule has 176 valence electrons. The Labute approximate surface area is 184 Å². The number of oxime groups is 1. The van der Waals surface area contributed by atoms with Crippen LogP contribution in [0.4, 0.5) is 9.93 Å². The Morgan fingerprint density at radius 2 is 2.03 bits per heavy atom. The molecule has 18 heteroatoms. The first-order valence-electron chi connectivity index (χ1n) is 8.51. The number of amides is 4. The molecule has 0 bridgehead atoms. The smallest absolute Gasteiger partial charge is 0.362 e. The van der Waals surface area contributed by atoms with E-state index in [1.165, 1.54) is 5.38 Å². The van der Waals surface area contributed by atoms with Crippen molar-refractivity contribution in [1.29, 1.82) is 0 Å². The summed E-state index contributed by atoms with van der Waals surface area (Å²) in [6.07, 6.45) is 0. The van der Waals surface area contributed by atoms with Gasteiger partial charge in [0.2, 0.25) is 5.60 Å². The summed E-state index contributed by atoms with van der Waals surface area (Å²) in [5.74, 6) is -3.70. The number of hydrogen-bond donors (Lipinski definition) is 6. The zero-order chi connectivity index (χ0) is 24.4. The van der Waals surface area contributed by atoms with Crippen LogP contribution in [-0.2, 0) is 29.5 Å². The fourth-order valence-electron chi connectivity index (χ4n) is 2.38. The van der Waals surface area contributed by atoms with Gasteiger partial charge in [-0.3, -0.25) is 14.1 Å². The van der Waals surface area contributed by atoms with Gasteiger partial charge in [0.25, 0.3) is 11.8 Å². The second kappa shape index (κ2) is 8.93. The van der Waals surface area contributed by atoms with Gasteiger partial charge in [0.1, 0.15) is 11.7 Å². The van der Waals surface area contributed by atoms with Crippen molar-refractivity contribution in [2.24, 2.45) is 10.9 Å². The molecule has 0 aromatic carbocycles. The van der Waals surface area contributed by atoms with Gasteiger partial charge in [-0.25, -0.2) is 18.9 Å². The van der Waals surface area contributed by atoms with Gasteiger partial charge in [0.05, 0.1) is 6.04 Å². The number of aliphatic carboxylic acids is 1. The maximum absolute atomic E-state index is 12.8. The minimum Gasteiger partial charge on any atom is -0.478 e. The summed E-state index contributed by atoms with van der Waals surface area (Å²) < 4.78 is 32.1. The lowest BCUT2D eigenvalue weighted by Gasteiger charge is -2.44. The molecule has 4 amide bonds. The number of carboxylic acids is 1. The lowest BCUT2D eigenvalue weighted by Crippen LogP contribution is -2.74. The number of aromatic nitrogens is 1. The van der Waals surface area contributed by atoms with Crippen LogP contribution < -0.4 is 22.1 Å². The number of hydrogen-bond acceptors (Lipinski definition) is 11. The Hall–Kier alpha value is -3.51. The Kier molecular flexibility index (Phi) is 6.90. The average Bonchev–Trinajstić information content (AvgIpc) is 3.07. The number of anilines is 1. The van der Waals surface area contributed by atoms with Crippen LogP contribution in [0.2, 0.25) is 0 Å². The highest BCUT2D eigenvalue weighted by Gasteiger charge is 2.54. The number of thiazole rings is 1. The number of primary amides is 1. The number of urea groups is 1. The molecule has 32 heavy (non-hydrogen) atoms. The van der Waals surface area contributed by atoms with Gasteiger partial charge in [-0.1, -0.05) is 5.16 Å². The van der Waals surface area contributed by atoms with Crippen molar-refractivity contribution in [3.8, 4) is 0 Å². The normalized spacial score (nSPS) is 19.2. The molecule has 2 atom stereocenters. The summed E-state index contributed by atoms with van der Waals surface area (Å²) in [6.45, 7) is 1.80. The van der Waals surface area contributed by atoms with Crippen molar-refractivity contribution < 1.29 is 42.1 Å². The summed E-state index contributed by atoms with van der Waals surface area (Å²) in [5.41, 5.74) is 7.96. The zero-order valence-electron chi connectivity index (χ0n) is 16.5. The molecule has 1 aromatic rings. The largest absolute Gasteiger partial charge is 0.478 e. The number of nitrogen functional groups attached to an aromatic ring is 1. The van der Waals surface area contributed by atoms with Crippen molar-refractivity contribution >= 4 is 56.3 Å². The predicted molar refractivity (Wildman–Crippen MR) is 108 cm³/mol. The molecule has 1 aliphatic rings. The Bertz CT molecular complexity index is 1080. The van der Waals surface area contributed by atoms with E-state index in [2.05, 4.69) is 20.8 Å². The standard InChI is InChI=1S/C14H19N7O9S2/c1-14(2,11(24)25)30-20-7(5-4-31-13(16)18-5)9(22)19-8-6(3-17-12(15)26)21(10(8)23)32(27,28)29/h4,6,8H,3H2,1-2H3,(H2,16,18)(H,19,22)(H,24,25)(H3,15,17,26)(H,27,28,29)/t6-,8+/m0/s1. The third-order valence-corrected chi connectivity index (χ3v) is 5.67.